The van der Waals surface area contributed by atoms with Gasteiger partial charge in [0.15, 0.2) is 0 Å². The highest BCUT2D eigenvalue weighted by molar-refractivity contribution is 7.80. The first kappa shape index (κ1) is 11.8. The normalized spacial score (nSPS) is 10.2. The van der Waals surface area contributed by atoms with Crippen LogP contribution in [0, 0.1) is 0 Å². The lowest BCUT2D eigenvalue weighted by molar-refractivity contribution is 0.414. The van der Waals surface area contributed by atoms with Crippen molar-refractivity contribution in [2.24, 2.45) is 0 Å². The van der Waals surface area contributed by atoms with E-state index >= 15 is 0 Å². The fraction of sp³-hybridized carbons (Fsp3) is 0.154. The smallest absolute Gasteiger partial charge is 0.251 e. The van der Waals surface area contributed by atoms with Gasteiger partial charge in [-0.2, -0.15) is 0 Å². The molecule has 3 nitrogen and oxygen atoms in total. The SMILES string of the molecule is COc1ccc(Cn2ccc(S)cc2=O)cc1. The van der Waals surface area contributed by atoms with Crippen LogP contribution in [-0.4, -0.2) is 11.7 Å². The van der Waals surface area contributed by atoms with Gasteiger partial charge in [-0.25, -0.2) is 0 Å². The number of ether oxygens (including phenoxy) is 1. The topological polar surface area (TPSA) is 31.2 Å². The Kier molecular flexibility index (Phi) is 3.54. The highest BCUT2D eigenvalue weighted by Crippen LogP contribution is 2.12. The summed E-state index contributed by atoms with van der Waals surface area (Å²) in [6.45, 7) is 0.552. The maximum atomic E-state index is 11.7. The van der Waals surface area contributed by atoms with E-state index in [1.807, 2.05) is 24.3 Å². The summed E-state index contributed by atoms with van der Waals surface area (Å²) in [5.74, 6) is 0.812. The number of rotatable bonds is 3. The molecule has 17 heavy (non-hydrogen) atoms. The molecular weight excluding hydrogens is 234 g/mol. The predicted octanol–water partition coefficient (Wildman–Crippen LogP) is 2.19. The predicted molar refractivity (Wildman–Crippen MR) is 70.1 cm³/mol. The van der Waals surface area contributed by atoms with Crippen molar-refractivity contribution in [3.8, 4) is 5.75 Å². The average Bonchev–Trinajstić information content (AvgIpc) is 2.34. The Hall–Kier alpha value is -1.68. The van der Waals surface area contributed by atoms with Crippen LogP contribution in [0.25, 0.3) is 0 Å². The Bertz CT molecular complexity index is 560. The fourth-order valence-corrected chi connectivity index (χ4v) is 1.73. The lowest BCUT2D eigenvalue weighted by Crippen LogP contribution is -2.18. The zero-order valence-electron chi connectivity index (χ0n) is 9.46. The lowest BCUT2D eigenvalue weighted by atomic mass is 10.2. The minimum Gasteiger partial charge on any atom is -0.497 e. The molecule has 0 spiro atoms. The molecule has 0 aliphatic rings. The summed E-state index contributed by atoms with van der Waals surface area (Å²) in [5, 5.41) is 0. The van der Waals surface area contributed by atoms with E-state index < -0.39 is 0 Å². The van der Waals surface area contributed by atoms with Gasteiger partial charge in [0, 0.05) is 17.2 Å². The molecule has 0 fully saturated rings. The highest BCUT2D eigenvalue weighted by Gasteiger charge is 1.99. The van der Waals surface area contributed by atoms with Crippen molar-refractivity contribution in [1.29, 1.82) is 0 Å². The Balaban J connectivity index is 2.22. The average molecular weight is 247 g/mol. The van der Waals surface area contributed by atoms with Crippen LogP contribution in [0.1, 0.15) is 5.56 Å². The third-order valence-electron chi connectivity index (χ3n) is 2.49. The Morgan fingerprint density at radius 3 is 2.53 bits per heavy atom. The molecule has 0 N–H and O–H groups in total. The molecule has 2 rings (SSSR count). The van der Waals surface area contributed by atoms with Gasteiger partial charge < -0.3 is 9.30 Å². The largest absolute Gasteiger partial charge is 0.497 e. The van der Waals surface area contributed by atoms with Crippen molar-refractivity contribution in [2.45, 2.75) is 11.4 Å². The van der Waals surface area contributed by atoms with Crippen LogP contribution >= 0.6 is 12.6 Å². The molecule has 1 heterocycles. The molecule has 0 saturated heterocycles. The van der Waals surface area contributed by atoms with E-state index in [2.05, 4.69) is 12.6 Å². The van der Waals surface area contributed by atoms with Gasteiger partial charge in [-0.15, -0.1) is 12.6 Å². The van der Waals surface area contributed by atoms with Crippen LogP contribution in [0.15, 0.2) is 52.3 Å². The zero-order chi connectivity index (χ0) is 12.3. The first-order valence-corrected chi connectivity index (χ1v) is 5.66. The molecule has 0 atom stereocenters. The first-order valence-electron chi connectivity index (χ1n) is 5.21. The van der Waals surface area contributed by atoms with Gasteiger partial charge >= 0.3 is 0 Å². The van der Waals surface area contributed by atoms with Gasteiger partial charge in [-0.1, -0.05) is 12.1 Å². The molecule has 1 aromatic carbocycles. The lowest BCUT2D eigenvalue weighted by Gasteiger charge is -2.06. The molecule has 0 aliphatic heterocycles. The summed E-state index contributed by atoms with van der Waals surface area (Å²) in [5.41, 5.74) is 1.01. The first-order chi connectivity index (χ1) is 8.19. The van der Waals surface area contributed by atoms with Crippen LogP contribution in [-0.2, 0) is 6.54 Å². The fourth-order valence-electron chi connectivity index (χ4n) is 1.56. The molecule has 0 aliphatic carbocycles. The van der Waals surface area contributed by atoms with Crippen LogP contribution in [0.4, 0.5) is 0 Å². The van der Waals surface area contributed by atoms with Gasteiger partial charge in [-0.3, -0.25) is 4.79 Å². The minimum absolute atomic E-state index is 0.0479. The van der Waals surface area contributed by atoms with E-state index in [1.165, 1.54) is 6.07 Å². The highest BCUT2D eigenvalue weighted by atomic mass is 32.1. The second-order valence-electron chi connectivity index (χ2n) is 3.70. The second kappa shape index (κ2) is 5.10. The van der Waals surface area contributed by atoms with Crippen molar-refractivity contribution in [2.75, 3.05) is 7.11 Å². The van der Waals surface area contributed by atoms with E-state index in [9.17, 15) is 4.79 Å². The Morgan fingerprint density at radius 2 is 1.94 bits per heavy atom. The van der Waals surface area contributed by atoms with Crippen molar-refractivity contribution < 1.29 is 4.74 Å². The van der Waals surface area contributed by atoms with Crippen LogP contribution in [0.2, 0.25) is 0 Å². The summed E-state index contributed by atoms with van der Waals surface area (Å²) >= 11 is 4.12. The molecule has 0 saturated carbocycles. The van der Waals surface area contributed by atoms with E-state index in [-0.39, 0.29) is 5.56 Å². The van der Waals surface area contributed by atoms with Crippen LogP contribution in [0.3, 0.4) is 0 Å². The van der Waals surface area contributed by atoms with Crippen molar-refractivity contribution in [3.63, 3.8) is 0 Å². The van der Waals surface area contributed by atoms with Gasteiger partial charge in [-0.05, 0) is 23.8 Å². The molecule has 0 radical (unpaired) electrons. The summed E-state index contributed by atoms with van der Waals surface area (Å²) in [7, 11) is 1.63. The minimum atomic E-state index is -0.0479. The quantitative estimate of drug-likeness (QED) is 0.843. The number of nitrogens with zero attached hydrogens (tertiary/aromatic N) is 1. The van der Waals surface area contributed by atoms with E-state index in [0.29, 0.717) is 11.4 Å². The monoisotopic (exact) mass is 247 g/mol. The maximum Gasteiger partial charge on any atom is 0.251 e. The van der Waals surface area contributed by atoms with Crippen molar-refractivity contribution in [1.82, 2.24) is 4.57 Å². The Labute approximate surface area is 105 Å². The number of methoxy groups -OCH3 is 1. The van der Waals surface area contributed by atoms with Crippen molar-refractivity contribution >= 4 is 12.6 Å². The number of benzene rings is 1. The van der Waals surface area contributed by atoms with E-state index in [1.54, 1.807) is 23.9 Å². The molecule has 2 aromatic rings. The maximum absolute atomic E-state index is 11.7. The van der Waals surface area contributed by atoms with E-state index in [0.717, 1.165) is 11.3 Å². The zero-order valence-corrected chi connectivity index (χ0v) is 10.4. The third-order valence-corrected chi connectivity index (χ3v) is 2.77. The summed E-state index contributed by atoms with van der Waals surface area (Å²) in [4.78, 5) is 12.3. The molecular formula is C13H13NO2S. The number of thiol groups is 1. The molecule has 88 valence electrons. The van der Waals surface area contributed by atoms with Gasteiger partial charge in [0.2, 0.25) is 0 Å². The summed E-state index contributed by atoms with van der Waals surface area (Å²) in [6.07, 6.45) is 1.74. The van der Waals surface area contributed by atoms with E-state index in [4.69, 9.17) is 4.74 Å². The summed E-state index contributed by atoms with van der Waals surface area (Å²) < 4.78 is 6.72. The number of hydrogen-bond donors (Lipinski definition) is 1. The van der Waals surface area contributed by atoms with Crippen LogP contribution in [0.5, 0.6) is 5.75 Å². The number of aromatic nitrogens is 1. The molecule has 1 aromatic heterocycles. The standard InChI is InChI=1S/C13H13NO2S/c1-16-11-4-2-10(3-5-11)9-14-7-6-12(17)8-13(14)15/h2-8,17H,9H2,1H3. The number of hydrogen-bond acceptors (Lipinski definition) is 3. The molecule has 4 heteroatoms. The Morgan fingerprint density at radius 1 is 1.24 bits per heavy atom. The number of pyridine rings is 1. The summed E-state index contributed by atoms with van der Waals surface area (Å²) in [6, 6.07) is 11.0. The van der Waals surface area contributed by atoms with Gasteiger partial charge in [0.05, 0.1) is 13.7 Å². The molecule has 0 unspecified atom stereocenters. The van der Waals surface area contributed by atoms with Crippen LogP contribution < -0.4 is 10.3 Å². The molecule has 0 bridgehead atoms. The van der Waals surface area contributed by atoms with Crippen molar-refractivity contribution in [3.05, 3.63) is 58.5 Å². The third kappa shape index (κ3) is 2.91. The van der Waals surface area contributed by atoms with Gasteiger partial charge in [0.25, 0.3) is 5.56 Å². The van der Waals surface area contributed by atoms with Gasteiger partial charge in [0.1, 0.15) is 5.75 Å². The molecule has 0 amide bonds. The second-order valence-corrected chi connectivity index (χ2v) is 4.22.